The van der Waals surface area contributed by atoms with Crippen LogP contribution < -0.4 is 5.32 Å². The molecule has 3 atom stereocenters. The Balaban J connectivity index is 1.22. The van der Waals surface area contributed by atoms with Crippen LogP contribution in [0.3, 0.4) is 0 Å². The monoisotopic (exact) mass is 403 g/mol. The summed E-state index contributed by atoms with van der Waals surface area (Å²) >= 11 is 1.41. The largest absolute Gasteiger partial charge is 0.415 e. The van der Waals surface area contributed by atoms with Crippen LogP contribution in [0.25, 0.3) is 0 Å². The van der Waals surface area contributed by atoms with E-state index < -0.39 is 0 Å². The molecule has 5 aliphatic carbocycles. The molecule has 1 N–H and O–H groups in total. The zero-order chi connectivity index (χ0) is 19.3. The van der Waals surface area contributed by atoms with E-state index >= 15 is 0 Å². The van der Waals surface area contributed by atoms with Crippen molar-refractivity contribution in [3.05, 3.63) is 5.89 Å². The van der Waals surface area contributed by atoms with Gasteiger partial charge in [0.15, 0.2) is 0 Å². The Morgan fingerprint density at radius 1 is 1.11 bits per heavy atom. The molecule has 1 heterocycles. The Morgan fingerprint density at radius 2 is 1.75 bits per heavy atom. The molecule has 1 amide bonds. The van der Waals surface area contributed by atoms with Gasteiger partial charge in [-0.05, 0) is 82.0 Å². The highest BCUT2D eigenvalue weighted by Gasteiger charge is 2.54. The van der Waals surface area contributed by atoms with Gasteiger partial charge in [-0.15, -0.1) is 10.2 Å². The van der Waals surface area contributed by atoms with Crippen molar-refractivity contribution in [2.75, 3.05) is 0 Å². The minimum atomic E-state index is -0.209. The van der Waals surface area contributed by atoms with Crippen LogP contribution >= 0.6 is 11.8 Å². The Morgan fingerprint density at radius 3 is 2.39 bits per heavy atom. The summed E-state index contributed by atoms with van der Waals surface area (Å²) in [5.41, 5.74) is 0.129. The van der Waals surface area contributed by atoms with Crippen LogP contribution in [-0.4, -0.2) is 27.4 Å². The van der Waals surface area contributed by atoms with Gasteiger partial charge in [0.25, 0.3) is 5.22 Å². The minimum Gasteiger partial charge on any atom is -0.415 e. The molecule has 28 heavy (non-hydrogen) atoms. The highest BCUT2D eigenvalue weighted by molar-refractivity contribution is 8.00. The first-order valence-corrected chi connectivity index (χ1v) is 12.2. The quantitative estimate of drug-likeness (QED) is 0.721. The first-order valence-electron chi connectivity index (χ1n) is 11.3. The molecule has 5 saturated carbocycles. The molecule has 0 unspecified atom stereocenters. The van der Waals surface area contributed by atoms with Gasteiger partial charge in [-0.1, -0.05) is 31.5 Å². The second-order valence-corrected chi connectivity index (χ2v) is 11.5. The predicted octanol–water partition coefficient (Wildman–Crippen LogP) is 4.71. The lowest BCUT2D eigenvalue weighted by Gasteiger charge is -2.55. The molecular formula is C22H33N3O2S. The molecule has 1 aromatic rings. The van der Waals surface area contributed by atoms with Gasteiger partial charge in [-0.2, -0.15) is 0 Å². The molecule has 154 valence electrons. The molecule has 6 rings (SSSR count). The fraction of sp³-hybridized carbons (Fsp3) is 0.864. The van der Waals surface area contributed by atoms with Crippen molar-refractivity contribution >= 4 is 17.7 Å². The summed E-state index contributed by atoms with van der Waals surface area (Å²) < 4.78 is 6.16. The molecule has 5 nitrogen and oxygen atoms in total. The molecule has 0 saturated heterocycles. The van der Waals surface area contributed by atoms with Crippen molar-refractivity contribution in [2.45, 2.75) is 100.0 Å². The highest BCUT2D eigenvalue weighted by atomic mass is 32.2. The third kappa shape index (κ3) is 3.50. The topological polar surface area (TPSA) is 68.0 Å². The number of hydrogen-bond acceptors (Lipinski definition) is 5. The molecule has 4 bridgehead atoms. The van der Waals surface area contributed by atoms with Crippen LogP contribution in [0.15, 0.2) is 9.64 Å². The SMILES string of the molecule is C[C@@H]1CCCC[C@@H]1NC(=O)[C@@H](C)Sc1nnc(C23CC4CC(CC(C4)C2)C3)o1. The van der Waals surface area contributed by atoms with Crippen LogP contribution in [0.4, 0.5) is 0 Å². The van der Waals surface area contributed by atoms with Crippen LogP contribution in [0.5, 0.6) is 0 Å². The van der Waals surface area contributed by atoms with E-state index in [1.807, 2.05) is 6.92 Å². The Hall–Kier alpha value is -1.04. The van der Waals surface area contributed by atoms with E-state index in [9.17, 15) is 4.79 Å². The van der Waals surface area contributed by atoms with Gasteiger partial charge in [0.05, 0.1) is 5.25 Å². The van der Waals surface area contributed by atoms with Gasteiger partial charge in [-0.25, -0.2) is 0 Å². The van der Waals surface area contributed by atoms with Crippen molar-refractivity contribution in [3.8, 4) is 0 Å². The summed E-state index contributed by atoms with van der Waals surface area (Å²) in [5.74, 6) is 4.09. The maximum absolute atomic E-state index is 12.7. The van der Waals surface area contributed by atoms with E-state index in [2.05, 4.69) is 22.4 Å². The fourth-order valence-corrected chi connectivity index (χ4v) is 7.57. The van der Waals surface area contributed by atoms with E-state index in [0.29, 0.717) is 17.2 Å². The normalized spacial score (nSPS) is 40.4. The van der Waals surface area contributed by atoms with Crippen molar-refractivity contribution in [3.63, 3.8) is 0 Å². The molecule has 1 aromatic heterocycles. The maximum atomic E-state index is 12.7. The number of aromatic nitrogens is 2. The molecule has 5 fully saturated rings. The first kappa shape index (κ1) is 19.0. The number of thioether (sulfide) groups is 1. The molecule has 0 spiro atoms. The third-order valence-corrected chi connectivity index (χ3v) is 8.92. The average molecular weight is 404 g/mol. The number of carbonyl (C=O) groups is 1. The molecule has 0 aromatic carbocycles. The predicted molar refractivity (Wildman–Crippen MR) is 109 cm³/mol. The number of carbonyl (C=O) groups excluding carboxylic acids is 1. The number of nitrogens with zero attached hydrogens (tertiary/aromatic N) is 2. The van der Waals surface area contributed by atoms with Gasteiger partial charge in [0, 0.05) is 11.5 Å². The fourth-order valence-electron chi connectivity index (χ4n) is 6.88. The first-order chi connectivity index (χ1) is 13.5. The Kier molecular flexibility index (Phi) is 4.96. The van der Waals surface area contributed by atoms with Crippen molar-refractivity contribution in [1.82, 2.24) is 15.5 Å². The number of amides is 1. The van der Waals surface area contributed by atoms with Crippen molar-refractivity contribution < 1.29 is 9.21 Å². The zero-order valence-corrected chi connectivity index (χ0v) is 18.0. The van der Waals surface area contributed by atoms with E-state index in [4.69, 9.17) is 4.42 Å². The van der Waals surface area contributed by atoms with Gasteiger partial charge in [0.2, 0.25) is 11.8 Å². The smallest absolute Gasteiger partial charge is 0.277 e. The molecule has 6 heteroatoms. The molecule has 0 radical (unpaired) electrons. The van der Waals surface area contributed by atoms with E-state index in [0.717, 1.165) is 30.1 Å². The lowest BCUT2D eigenvalue weighted by molar-refractivity contribution is -0.121. The van der Waals surface area contributed by atoms with Gasteiger partial charge in [0.1, 0.15) is 0 Å². The zero-order valence-electron chi connectivity index (χ0n) is 17.2. The standard InChI is InChI=1S/C22H33N3O2S/c1-13-5-3-4-6-18(13)23-19(26)14(2)28-21-25-24-20(27-21)22-10-15-7-16(11-22)9-17(8-15)12-22/h13-18H,3-12H2,1-2H3,(H,23,26)/t13-,14-,15?,16?,17?,18+,22?/m1/s1. The lowest BCUT2D eigenvalue weighted by atomic mass is 9.49. The van der Waals surface area contributed by atoms with E-state index in [1.54, 1.807) is 0 Å². The van der Waals surface area contributed by atoms with Crippen LogP contribution in [0.1, 0.15) is 83.9 Å². The molecule has 0 aliphatic heterocycles. The average Bonchev–Trinajstić information content (AvgIpc) is 3.12. The maximum Gasteiger partial charge on any atom is 0.277 e. The summed E-state index contributed by atoms with van der Waals surface area (Å²) in [5, 5.41) is 12.4. The van der Waals surface area contributed by atoms with Crippen molar-refractivity contribution in [1.29, 1.82) is 0 Å². The van der Waals surface area contributed by atoms with Crippen LogP contribution in [-0.2, 0) is 10.2 Å². The molecular weight excluding hydrogens is 370 g/mol. The summed E-state index contributed by atoms with van der Waals surface area (Å²) in [6.07, 6.45) is 12.7. The van der Waals surface area contributed by atoms with Gasteiger partial charge < -0.3 is 9.73 Å². The summed E-state index contributed by atoms with van der Waals surface area (Å²) in [4.78, 5) is 12.7. The number of rotatable bonds is 5. The van der Waals surface area contributed by atoms with Crippen LogP contribution in [0, 0.1) is 23.7 Å². The Bertz CT molecular complexity index is 698. The molecule has 5 aliphatic rings. The highest BCUT2D eigenvalue weighted by Crippen LogP contribution is 2.60. The van der Waals surface area contributed by atoms with E-state index in [1.165, 1.54) is 69.5 Å². The van der Waals surface area contributed by atoms with Crippen molar-refractivity contribution in [2.24, 2.45) is 23.7 Å². The van der Waals surface area contributed by atoms with Crippen LogP contribution in [0.2, 0.25) is 0 Å². The lowest BCUT2D eigenvalue weighted by Crippen LogP contribution is -2.48. The minimum absolute atomic E-state index is 0.0957. The van der Waals surface area contributed by atoms with Gasteiger partial charge in [-0.3, -0.25) is 4.79 Å². The van der Waals surface area contributed by atoms with E-state index in [-0.39, 0.29) is 16.6 Å². The second-order valence-electron chi connectivity index (χ2n) is 10.2. The van der Waals surface area contributed by atoms with Gasteiger partial charge >= 0.3 is 0 Å². The number of hydrogen-bond donors (Lipinski definition) is 1. The Labute approximate surface area is 172 Å². The summed E-state index contributed by atoms with van der Waals surface area (Å²) in [6, 6.07) is 0.314. The third-order valence-electron chi connectivity index (χ3n) is 7.98. The second kappa shape index (κ2) is 7.33. The summed E-state index contributed by atoms with van der Waals surface area (Å²) in [6.45, 7) is 4.19. The summed E-state index contributed by atoms with van der Waals surface area (Å²) in [7, 11) is 0. The number of nitrogens with one attached hydrogen (secondary N) is 1.